The number of carboxylic acid groups (broad SMARTS) is 2. The van der Waals surface area contributed by atoms with Crippen molar-refractivity contribution in [2.75, 3.05) is 35.4 Å². The molecular formula is C36H30N6O6. The van der Waals surface area contributed by atoms with E-state index >= 15 is 0 Å². The highest BCUT2D eigenvalue weighted by Gasteiger charge is 2.18. The summed E-state index contributed by atoms with van der Waals surface area (Å²) >= 11 is 0. The third kappa shape index (κ3) is 6.87. The lowest BCUT2D eigenvalue weighted by molar-refractivity contribution is 0.0683. The number of aromatic carboxylic acids is 2. The van der Waals surface area contributed by atoms with E-state index in [0.717, 1.165) is 27.7 Å². The summed E-state index contributed by atoms with van der Waals surface area (Å²) in [6.45, 7) is 0. The molecule has 0 atom stereocenters. The van der Waals surface area contributed by atoms with Crippen LogP contribution in [0.2, 0.25) is 0 Å². The van der Waals surface area contributed by atoms with Gasteiger partial charge < -0.3 is 31.5 Å². The molecule has 6 rings (SSSR count). The fourth-order valence-electron chi connectivity index (χ4n) is 5.09. The Morgan fingerprint density at radius 2 is 0.875 bits per heavy atom. The summed E-state index contributed by atoms with van der Waals surface area (Å²) in [5.41, 5.74) is 4.32. The fraction of sp³-hybridized carbons (Fsp3) is 0.0556. The zero-order chi connectivity index (χ0) is 34.2. The number of anilines is 4. The summed E-state index contributed by atoms with van der Waals surface area (Å²) in [7, 11) is 3.61. The number of aromatic nitrogens is 2. The number of carboxylic acids is 2. The molecule has 240 valence electrons. The Morgan fingerprint density at radius 1 is 0.479 bits per heavy atom. The van der Waals surface area contributed by atoms with Crippen molar-refractivity contribution < 1.29 is 29.4 Å². The molecule has 0 aliphatic heterocycles. The summed E-state index contributed by atoms with van der Waals surface area (Å²) in [5, 5.41) is 31.7. The normalized spacial score (nSPS) is 10.4. The lowest BCUT2D eigenvalue weighted by Crippen LogP contribution is -2.16. The van der Waals surface area contributed by atoms with Gasteiger partial charge in [-0.05, 0) is 72.8 Å². The summed E-state index contributed by atoms with van der Waals surface area (Å²) in [6.07, 6.45) is 3.32. The van der Waals surface area contributed by atoms with Crippen molar-refractivity contribution in [1.82, 2.24) is 9.97 Å². The number of hydrogen-bond donors (Lipinski definition) is 6. The van der Waals surface area contributed by atoms with E-state index in [2.05, 4.69) is 31.2 Å². The predicted octanol–water partition coefficient (Wildman–Crippen LogP) is 6.45. The average molecular weight is 643 g/mol. The number of carbonyl (C=O) groups is 4. The molecule has 0 spiro atoms. The number of hydrogen-bond acceptors (Lipinski definition) is 8. The average Bonchev–Trinajstić information content (AvgIpc) is 3.12. The summed E-state index contributed by atoms with van der Waals surface area (Å²) < 4.78 is 0. The topological polar surface area (TPSA) is 183 Å². The van der Waals surface area contributed by atoms with Crippen molar-refractivity contribution in [2.24, 2.45) is 0 Å². The quantitative estimate of drug-likeness (QED) is 0.108. The van der Waals surface area contributed by atoms with E-state index in [1.807, 2.05) is 37.4 Å². The van der Waals surface area contributed by atoms with Crippen LogP contribution in [0, 0.1) is 0 Å². The van der Waals surface area contributed by atoms with Crippen LogP contribution in [0.5, 0.6) is 0 Å². The molecule has 0 saturated carbocycles. The van der Waals surface area contributed by atoms with Gasteiger partial charge in [0.15, 0.2) is 0 Å². The number of nitrogens with one attached hydrogen (secondary N) is 4. The fourth-order valence-corrected chi connectivity index (χ4v) is 5.09. The van der Waals surface area contributed by atoms with Gasteiger partial charge in [0.2, 0.25) is 0 Å². The maximum atomic E-state index is 12.5. The van der Waals surface area contributed by atoms with E-state index in [4.69, 9.17) is 0 Å². The Labute approximate surface area is 274 Å². The van der Waals surface area contributed by atoms with Gasteiger partial charge >= 0.3 is 11.9 Å². The number of benzene rings is 4. The molecule has 0 radical (unpaired) electrons. The molecule has 48 heavy (non-hydrogen) atoms. The number of fused-ring (bicyclic) bond motifs is 2. The first-order chi connectivity index (χ1) is 23.2. The zero-order valence-corrected chi connectivity index (χ0v) is 25.8. The van der Waals surface area contributed by atoms with Crippen molar-refractivity contribution >= 4 is 68.3 Å². The number of rotatable bonds is 8. The summed E-state index contributed by atoms with van der Waals surface area (Å²) in [5.74, 6) is -3.25. The Hall–Kier alpha value is -6.82. The van der Waals surface area contributed by atoms with E-state index < -0.39 is 23.8 Å². The Balaban J connectivity index is 0.000000188. The molecule has 6 N–H and O–H groups in total. The van der Waals surface area contributed by atoms with Crippen LogP contribution in [0.1, 0.15) is 41.4 Å². The molecule has 0 fully saturated rings. The molecule has 4 aromatic carbocycles. The van der Waals surface area contributed by atoms with Gasteiger partial charge in [0.05, 0.1) is 50.3 Å². The van der Waals surface area contributed by atoms with Gasteiger partial charge in [0.1, 0.15) is 0 Å². The highest BCUT2D eigenvalue weighted by molar-refractivity contribution is 6.15. The second-order valence-corrected chi connectivity index (χ2v) is 10.2. The molecule has 0 aliphatic rings. The maximum absolute atomic E-state index is 12.5. The van der Waals surface area contributed by atoms with Crippen molar-refractivity contribution in [3.63, 3.8) is 0 Å². The van der Waals surface area contributed by atoms with Crippen molar-refractivity contribution in [3.8, 4) is 0 Å². The van der Waals surface area contributed by atoms with Crippen LogP contribution in [0.25, 0.3) is 21.8 Å². The molecule has 0 saturated heterocycles. The minimum absolute atomic E-state index is 0.0377. The lowest BCUT2D eigenvalue weighted by atomic mass is 10.1. The van der Waals surface area contributed by atoms with Gasteiger partial charge in [-0.1, -0.05) is 24.3 Å². The van der Waals surface area contributed by atoms with Gasteiger partial charge in [0.25, 0.3) is 11.8 Å². The van der Waals surface area contributed by atoms with Crippen molar-refractivity contribution in [1.29, 1.82) is 0 Å². The van der Waals surface area contributed by atoms with Gasteiger partial charge in [0, 0.05) is 42.9 Å². The highest BCUT2D eigenvalue weighted by Crippen LogP contribution is 2.30. The lowest BCUT2D eigenvalue weighted by Gasteiger charge is -2.12. The molecule has 12 heteroatoms. The SMILES string of the molecule is CNc1ccc(NC(=O)c2ccccc2C(=O)O)c2cccnc12.CNc1ccc(NC(=O)c2ccccc2C(=O)O)c2ncccc12. The van der Waals surface area contributed by atoms with Gasteiger partial charge in [-0.15, -0.1) is 0 Å². The minimum atomic E-state index is -1.14. The van der Waals surface area contributed by atoms with Crippen LogP contribution in [-0.2, 0) is 0 Å². The smallest absolute Gasteiger partial charge is 0.336 e. The van der Waals surface area contributed by atoms with Crippen molar-refractivity contribution in [2.45, 2.75) is 0 Å². The Kier molecular flexibility index (Phi) is 9.85. The van der Waals surface area contributed by atoms with E-state index in [0.29, 0.717) is 16.9 Å². The molecular weight excluding hydrogens is 612 g/mol. The maximum Gasteiger partial charge on any atom is 0.336 e. The summed E-state index contributed by atoms with van der Waals surface area (Å²) in [6, 6.07) is 26.7. The van der Waals surface area contributed by atoms with Gasteiger partial charge in [-0.2, -0.15) is 0 Å². The van der Waals surface area contributed by atoms with E-state index in [1.165, 1.54) is 24.3 Å². The molecule has 0 bridgehead atoms. The number of nitrogens with zero attached hydrogens (tertiary/aromatic N) is 2. The standard InChI is InChI=1S/2C18H15N3O3/c1-19-15-9-8-14(13-7-4-10-20-16(13)15)21-17(22)11-5-2-3-6-12(11)18(23)24;1-19-14-8-9-15(16-13(14)7-4-10-20-16)21-17(22)11-5-2-3-6-12(11)18(23)24/h2*2-10,19H,1H3,(H,21,22)(H,23,24). The predicted molar refractivity (Wildman–Crippen MR) is 185 cm³/mol. The third-order valence-corrected chi connectivity index (χ3v) is 7.38. The van der Waals surface area contributed by atoms with E-state index in [9.17, 15) is 29.4 Å². The molecule has 2 aromatic heterocycles. The highest BCUT2D eigenvalue weighted by atomic mass is 16.4. The zero-order valence-electron chi connectivity index (χ0n) is 25.8. The first-order valence-corrected chi connectivity index (χ1v) is 14.6. The largest absolute Gasteiger partial charge is 0.478 e. The van der Waals surface area contributed by atoms with Crippen LogP contribution in [0.4, 0.5) is 22.7 Å². The van der Waals surface area contributed by atoms with Crippen LogP contribution >= 0.6 is 0 Å². The van der Waals surface area contributed by atoms with Gasteiger partial charge in [-0.3, -0.25) is 19.6 Å². The molecule has 0 aliphatic carbocycles. The molecule has 6 aromatic rings. The Bertz CT molecular complexity index is 2030. The summed E-state index contributed by atoms with van der Waals surface area (Å²) in [4.78, 5) is 56.3. The second kappa shape index (κ2) is 14.5. The molecule has 2 heterocycles. The minimum Gasteiger partial charge on any atom is -0.478 e. The molecule has 0 unspecified atom stereocenters. The van der Waals surface area contributed by atoms with Crippen LogP contribution in [0.3, 0.4) is 0 Å². The monoisotopic (exact) mass is 642 g/mol. The van der Waals surface area contributed by atoms with Gasteiger partial charge in [-0.25, -0.2) is 9.59 Å². The van der Waals surface area contributed by atoms with Crippen LogP contribution in [0.15, 0.2) is 109 Å². The van der Waals surface area contributed by atoms with Crippen LogP contribution in [-0.4, -0.2) is 58.0 Å². The first kappa shape index (κ1) is 32.6. The number of amides is 2. The van der Waals surface area contributed by atoms with E-state index in [1.54, 1.807) is 61.9 Å². The van der Waals surface area contributed by atoms with E-state index in [-0.39, 0.29) is 22.3 Å². The van der Waals surface area contributed by atoms with Crippen LogP contribution < -0.4 is 21.3 Å². The van der Waals surface area contributed by atoms with Crippen molar-refractivity contribution in [3.05, 3.63) is 132 Å². The molecule has 2 amide bonds. The number of pyridine rings is 2. The Morgan fingerprint density at radius 3 is 1.38 bits per heavy atom. The first-order valence-electron chi connectivity index (χ1n) is 14.6. The second-order valence-electron chi connectivity index (χ2n) is 10.2. The molecule has 12 nitrogen and oxygen atoms in total. The number of carbonyl (C=O) groups excluding carboxylic acids is 2. The third-order valence-electron chi connectivity index (χ3n) is 7.38.